The van der Waals surface area contributed by atoms with E-state index >= 15 is 0 Å². The fourth-order valence-electron chi connectivity index (χ4n) is 7.81. The van der Waals surface area contributed by atoms with E-state index in [4.69, 9.17) is 14.6 Å². The SMILES string of the molecule is COc1cc2nn(C3CCCN(CCC4CCN(C(=O)c5ccc(OC)c(N6CCC(=O)NC6=O)c5)CC4)CC3)cc2cc1NC(=O)c1cccc(C)n1. The number of benzene rings is 2. The molecule has 1 atom stereocenters. The second-order valence-corrected chi connectivity index (χ2v) is 14.4. The molecule has 0 spiro atoms. The maximum Gasteiger partial charge on any atom is 0.328 e. The number of hydrogen-bond donors (Lipinski definition) is 2. The number of likely N-dealkylation sites (tertiary alicyclic amines) is 2. The number of urea groups is 1. The number of amides is 5. The number of nitrogens with one attached hydrogen (secondary N) is 2. The Labute approximate surface area is 314 Å². The molecular formula is C40H48N8O6. The van der Waals surface area contributed by atoms with Gasteiger partial charge in [0.25, 0.3) is 11.8 Å². The molecule has 3 aliphatic rings. The minimum Gasteiger partial charge on any atom is -0.495 e. The van der Waals surface area contributed by atoms with Gasteiger partial charge >= 0.3 is 6.03 Å². The summed E-state index contributed by atoms with van der Waals surface area (Å²) in [6, 6.07) is 14.1. The first kappa shape index (κ1) is 36.8. The maximum absolute atomic E-state index is 13.5. The van der Waals surface area contributed by atoms with Crippen LogP contribution >= 0.6 is 0 Å². The molecule has 2 N–H and O–H groups in total. The van der Waals surface area contributed by atoms with Gasteiger partial charge in [0.05, 0.1) is 37.2 Å². The Kier molecular flexibility index (Phi) is 11.1. The lowest BCUT2D eigenvalue weighted by Crippen LogP contribution is -2.49. The fraction of sp³-hybridized carbons (Fsp3) is 0.450. The number of piperidine rings is 1. The van der Waals surface area contributed by atoms with E-state index in [9.17, 15) is 19.2 Å². The van der Waals surface area contributed by atoms with Crippen molar-refractivity contribution in [3.63, 3.8) is 0 Å². The molecule has 1 unspecified atom stereocenters. The molecule has 54 heavy (non-hydrogen) atoms. The van der Waals surface area contributed by atoms with Gasteiger partial charge in [-0.15, -0.1) is 0 Å². The van der Waals surface area contributed by atoms with E-state index in [2.05, 4.69) is 31.4 Å². The first-order valence-corrected chi connectivity index (χ1v) is 18.8. The molecule has 0 saturated carbocycles. The average Bonchev–Trinajstić information content (AvgIpc) is 3.44. The second kappa shape index (κ2) is 16.3. The van der Waals surface area contributed by atoms with Crippen molar-refractivity contribution in [3.8, 4) is 11.5 Å². The fourth-order valence-corrected chi connectivity index (χ4v) is 7.81. The lowest BCUT2D eigenvalue weighted by molar-refractivity contribution is -0.120. The minimum atomic E-state index is -0.513. The number of fused-ring (bicyclic) bond motifs is 1. The topological polar surface area (TPSA) is 151 Å². The smallest absolute Gasteiger partial charge is 0.328 e. The Morgan fingerprint density at radius 1 is 0.926 bits per heavy atom. The summed E-state index contributed by atoms with van der Waals surface area (Å²) < 4.78 is 13.2. The van der Waals surface area contributed by atoms with Crippen molar-refractivity contribution in [1.29, 1.82) is 0 Å². The van der Waals surface area contributed by atoms with Gasteiger partial charge in [-0.3, -0.25) is 29.3 Å². The highest BCUT2D eigenvalue weighted by molar-refractivity contribution is 6.07. The van der Waals surface area contributed by atoms with E-state index in [-0.39, 0.29) is 36.7 Å². The number of ether oxygens (including phenoxy) is 2. The van der Waals surface area contributed by atoms with Crippen molar-refractivity contribution in [3.05, 3.63) is 71.7 Å². The monoisotopic (exact) mass is 736 g/mol. The first-order chi connectivity index (χ1) is 26.2. The van der Waals surface area contributed by atoms with Gasteiger partial charge in [-0.2, -0.15) is 5.10 Å². The van der Waals surface area contributed by atoms with Crippen molar-refractivity contribution < 1.29 is 28.7 Å². The summed E-state index contributed by atoms with van der Waals surface area (Å²) in [5, 5.41) is 11.2. The van der Waals surface area contributed by atoms with E-state index in [0.717, 1.165) is 74.8 Å². The van der Waals surface area contributed by atoms with Crippen LogP contribution in [0.1, 0.15) is 77.5 Å². The van der Waals surface area contributed by atoms with Gasteiger partial charge in [-0.1, -0.05) is 6.07 Å². The zero-order valence-electron chi connectivity index (χ0n) is 31.2. The number of carbonyl (C=O) groups excluding carboxylic acids is 4. The number of anilines is 2. The number of methoxy groups -OCH3 is 2. The molecule has 0 aliphatic carbocycles. The van der Waals surface area contributed by atoms with E-state index in [1.165, 1.54) is 12.0 Å². The van der Waals surface area contributed by atoms with Crippen molar-refractivity contribution >= 4 is 46.0 Å². The van der Waals surface area contributed by atoms with Gasteiger partial charge < -0.3 is 24.6 Å². The third-order valence-corrected chi connectivity index (χ3v) is 10.9. The van der Waals surface area contributed by atoms with Gasteiger partial charge in [-0.05, 0) is 101 Å². The van der Waals surface area contributed by atoms with Gasteiger partial charge in [-0.25, -0.2) is 9.78 Å². The number of carbonyl (C=O) groups is 4. The van der Waals surface area contributed by atoms with Crippen LogP contribution in [-0.2, 0) is 4.79 Å². The maximum atomic E-state index is 13.5. The third-order valence-electron chi connectivity index (χ3n) is 10.9. The zero-order chi connectivity index (χ0) is 37.8. The summed E-state index contributed by atoms with van der Waals surface area (Å²) in [5.41, 5.74) is 3.51. The minimum absolute atomic E-state index is 0.0605. The number of pyridine rings is 1. The summed E-state index contributed by atoms with van der Waals surface area (Å²) in [6.07, 6.45) is 8.39. The van der Waals surface area contributed by atoms with Crippen LogP contribution in [-0.4, -0.2) is 102 Å². The van der Waals surface area contributed by atoms with Crippen LogP contribution in [0.2, 0.25) is 0 Å². The molecule has 2 aromatic carbocycles. The molecule has 284 valence electrons. The van der Waals surface area contributed by atoms with E-state index in [1.807, 2.05) is 36.1 Å². The molecule has 3 saturated heterocycles. The molecule has 0 radical (unpaired) electrons. The lowest BCUT2D eigenvalue weighted by Gasteiger charge is -2.33. The molecular weight excluding hydrogens is 688 g/mol. The molecule has 4 aromatic rings. The molecule has 2 aromatic heterocycles. The molecule has 3 aliphatic heterocycles. The quantitative estimate of drug-likeness (QED) is 0.217. The number of hydrogen-bond acceptors (Lipinski definition) is 9. The number of imide groups is 1. The molecule has 14 nitrogen and oxygen atoms in total. The third kappa shape index (κ3) is 8.18. The van der Waals surface area contributed by atoms with Crippen molar-refractivity contribution in [2.24, 2.45) is 5.92 Å². The summed E-state index contributed by atoms with van der Waals surface area (Å²) in [5.74, 6) is 0.912. The Balaban J connectivity index is 0.904. The van der Waals surface area contributed by atoms with E-state index in [1.54, 1.807) is 31.4 Å². The van der Waals surface area contributed by atoms with Crippen LogP contribution in [0.4, 0.5) is 16.2 Å². The predicted octanol–water partition coefficient (Wildman–Crippen LogP) is 5.43. The van der Waals surface area contributed by atoms with Crippen molar-refractivity contribution in [2.75, 3.05) is 63.7 Å². The molecule has 3 fully saturated rings. The van der Waals surface area contributed by atoms with Crippen LogP contribution < -0.4 is 25.0 Å². The van der Waals surface area contributed by atoms with Gasteiger partial charge in [0, 0.05) is 61.5 Å². The predicted molar refractivity (Wildman–Crippen MR) is 204 cm³/mol. The highest BCUT2D eigenvalue weighted by atomic mass is 16.5. The Hall–Kier alpha value is -5.50. The van der Waals surface area contributed by atoms with E-state index < -0.39 is 6.03 Å². The van der Waals surface area contributed by atoms with Crippen LogP contribution in [0.25, 0.3) is 10.9 Å². The summed E-state index contributed by atoms with van der Waals surface area (Å²) in [4.78, 5) is 60.9. The summed E-state index contributed by atoms with van der Waals surface area (Å²) in [7, 11) is 3.11. The Bertz CT molecular complexity index is 2040. The zero-order valence-corrected chi connectivity index (χ0v) is 31.2. The van der Waals surface area contributed by atoms with Crippen LogP contribution in [0.5, 0.6) is 11.5 Å². The second-order valence-electron chi connectivity index (χ2n) is 14.4. The van der Waals surface area contributed by atoms with Gasteiger partial charge in [0.1, 0.15) is 17.2 Å². The standard InChI is InChI=1S/C40H48N8O6/c1-26-6-4-8-31(41-26)38(50)42-33-22-29-25-48(44-32(29)24-36(33)54-3)30-7-5-16-45(18-14-30)17-11-27-12-19-46(20-13-27)39(51)28-9-10-35(53-2)34(23-28)47-21-15-37(49)43-40(47)52/h4,6,8-10,22-25,27,30H,5,7,11-21H2,1-3H3,(H,42,50)(H,43,49,52). The number of rotatable bonds is 10. The summed E-state index contributed by atoms with van der Waals surface area (Å²) in [6.45, 7) is 6.55. The number of aryl methyl sites for hydroxylation is 1. The molecule has 5 heterocycles. The van der Waals surface area contributed by atoms with Gasteiger partial charge in [0.2, 0.25) is 5.91 Å². The van der Waals surface area contributed by atoms with Gasteiger partial charge in [0.15, 0.2) is 0 Å². The molecule has 5 amide bonds. The molecule has 7 rings (SSSR count). The summed E-state index contributed by atoms with van der Waals surface area (Å²) >= 11 is 0. The van der Waals surface area contributed by atoms with Crippen molar-refractivity contribution in [2.45, 2.75) is 57.9 Å². The first-order valence-electron chi connectivity index (χ1n) is 18.8. The average molecular weight is 737 g/mol. The normalized spacial score (nSPS) is 18.7. The molecule has 14 heteroatoms. The van der Waals surface area contributed by atoms with Crippen LogP contribution in [0, 0.1) is 12.8 Å². The molecule has 0 bridgehead atoms. The number of aromatic nitrogens is 3. The lowest BCUT2D eigenvalue weighted by atomic mass is 9.93. The Morgan fingerprint density at radius 3 is 2.50 bits per heavy atom. The Morgan fingerprint density at radius 2 is 1.74 bits per heavy atom. The van der Waals surface area contributed by atoms with Crippen LogP contribution in [0.15, 0.2) is 54.7 Å². The largest absolute Gasteiger partial charge is 0.495 e. The van der Waals surface area contributed by atoms with E-state index in [0.29, 0.717) is 53.1 Å². The van der Waals surface area contributed by atoms with Crippen LogP contribution in [0.3, 0.4) is 0 Å². The highest BCUT2D eigenvalue weighted by Gasteiger charge is 2.30. The number of nitrogens with zero attached hydrogens (tertiary/aromatic N) is 6. The van der Waals surface area contributed by atoms with Crippen molar-refractivity contribution in [1.82, 2.24) is 29.9 Å². The highest BCUT2D eigenvalue weighted by Crippen LogP contribution is 2.34.